The Hall–Kier alpha value is -3.52. The summed E-state index contributed by atoms with van der Waals surface area (Å²) in [5.74, 6) is 2.93. The molecule has 1 N–H and O–H groups in total. The maximum Gasteiger partial charge on any atom is 0.261 e. The minimum Gasteiger partial charge on any atom is -0.493 e. The normalized spacial score (nSPS) is 20.1. The monoisotopic (exact) mass is 463 g/mol. The first-order valence-corrected chi connectivity index (χ1v) is 11.7. The molecule has 1 aromatic heterocycles. The lowest BCUT2D eigenvalue weighted by atomic mass is 10.0. The summed E-state index contributed by atoms with van der Waals surface area (Å²) < 4.78 is 23.0. The Labute approximate surface area is 198 Å². The molecule has 3 aromatic rings. The molecule has 1 unspecified atom stereocenters. The van der Waals surface area contributed by atoms with Crippen LogP contribution in [0.4, 0.5) is 0 Å². The van der Waals surface area contributed by atoms with Crippen LogP contribution in [0.1, 0.15) is 50.9 Å². The SMILES string of the molecule is CCOc1ccccc1-c1nc(C2(C)C=C(c3ccc(OC)c(OC4CCCC4)c3)NO2)no1. The molecule has 2 aromatic carbocycles. The van der Waals surface area contributed by atoms with Crippen LogP contribution < -0.4 is 19.7 Å². The van der Waals surface area contributed by atoms with Crippen molar-refractivity contribution in [2.45, 2.75) is 51.2 Å². The lowest BCUT2D eigenvalue weighted by molar-refractivity contribution is -0.0319. The Morgan fingerprint density at radius 1 is 1.09 bits per heavy atom. The molecule has 178 valence electrons. The second-order valence-electron chi connectivity index (χ2n) is 8.61. The van der Waals surface area contributed by atoms with E-state index in [0.717, 1.165) is 35.4 Å². The van der Waals surface area contributed by atoms with E-state index < -0.39 is 5.60 Å². The summed E-state index contributed by atoms with van der Waals surface area (Å²) in [5.41, 5.74) is 4.56. The highest BCUT2D eigenvalue weighted by Gasteiger charge is 2.38. The third kappa shape index (κ3) is 4.33. The Kier molecular flexibility index (Phi) is 6.15. The van der Waals surface area contributed by atoms with Crippen molar-refractivity contribution in [3.63, 3.8) is 0 Å². The molecule has 0 spiro atoms. The van der Waals surface area contributed by atoms with Crippen LogP contribution in [-0.2, 0) is 10.4 Å². The molecule has 0 bridgehead atoms. The molecule has 1 atom stereocenters. The van der Waals surface area contributed by atoms with Gasteiger partial charge in [-0.15, -0.1) is 0 Å². The van der Waals surface area contributed by atoms with Gasteiger partial charge in [0.25, 0.3) is 5.89 Å². The highest BCUT2D eigenvalue weighted by molar-refractivity contribution is 5.69. The summed E-state index contributed by atoms with van der Waals surface area (Å²) in [6.07, 6.45) is 6.72. The van der Waals surface area contributed by atoms with E-state index in [1.165, 1.54) is 12.8 Å². The second kappa shape index (κ2) is 9.38. The molecule has 2 aliphatic rings. The number of para-hydroxylation sites is 1. The number of rotatable bonds is 8. The summed E-state index contributed by atoms with van der Waals surface area (Å²) in [6.45, 7) is 4.36. The van der Waals surface area contributed by atoms with Gasteiger partial charge in [-0.2, -0.15) is 4.98 Å². The maximum absolute atomic E-state index is 6.25. The van der Waals surface area contributed by atoms with Gasteiger partial charge in [0.2, 0.25) is 5.82 Å². The minimum absolute atomic E-state index is 0.230. The number of benzene rings is 2. The molecule has 34 heavy (non-hydrogen) atoms. The van der Waals surface area contributed by atoms with Crippen molar-refractivity contribution in [2.75, 3.05) is 13.7 Å². The summed E-state index contributed by atoms with van der Waals surface area (Å²) in [6, 6.07) is 13.4. The fourth-order valence-corrected chi connectivity index (χ4v) is 4.33. The van der Waals surface area contributed by atoms with Crippen LogP contribution in [0.15, 0.2) is 53.1 Å². The van der Waals surface area contributed by atoms with Crippen molar-refractivity contribution < 1.29 is 23.6 Å². The van der Waals surface area contributed by atoms with Crippen molar-refractivity contribution >= 4 is 5.70 Å². The number of aromatic nitrogens is 2. The third-order valence-electron chi connectivity index (χ3n) is 6.15. The molecule has 1 saturated carbocycles. The van der Waals surface area contributed by atoms with Crippen molar-refractivity contribution in [1.29, 1.82) is 0 Å². The van der Waals surface area contributed by atoms with E-state index >= 15 is 0 Å². The molecular weight excluding hydrogens is 434 g/mol. The molecule has 1 aliphatic heterocycles. The summed E-state index contributed by atoms with van der Waals surface area (Å²) in [4.78, 5) is 10.5. The van der Waals surface area contributed by atoms with Crippen molar-refractivity contribution in [3.8, 4) is 28.7 Å². The number of ether oxygens (including phenoxy) is 3. The van der Waals surface area contributed by atoms with E-state index in [1.807, 2.05) is 62.4 Å². The molecule has 0 amide bonds. The number of nitrogens with zero attached hydrogens (tertiary/aromatic N) is 2. The first-order valence-electron chi connectivity index (χ1n) is 11.7. The van der Waals surface area contributed by atoms with Crippen LogP contribution in [0.2, 0.25) is 0 Å². The van der Waals surface area contributed by atoms with E-state index in [0.29, 0.717) is 29.8 Å². The Morgan fingerprint density at radius 3 is 2.71 bits per heavy atom. The number of methoxy groups -OCH3 is 1. The first kappa shape index (κ1) is 22.3. The average Bonchev–Trinajstić information content (AvgIpc) is 3.62. The fraction of sp³-hybridized carbons (Fsp3) is 0.385. The zero-order valence-corrected chi connectivity index (χ0v) is 19.7. The van der Waals surface area contributed by atoms with Gasteiger partial charge in [-0.25, -0.2) is 0 Å². The predicted octanol–water partition coefficient (Wildman–Crippen LogP) is 5.26. The Bertz CT molecular complexity index is 1180. The van der Waals surface area contributed by atoms with Crippen LogP contribution in [0, 0.1) is 0 Å². The van der Waals surface area contributed by atoms with Crippen LogP contribution in [0.25, 0.3) is 17.2 Å². The topological polar surface area (TPSA) is 87.9 Å². The summed E-state index contributed by atoms with van der Waals surface area (Å²) >= 11 is 0. The van der Waals surface area contributed by atoms with Gasteiger partial charge in [0, 0.05) is 5.56 Å². The molecular formula is C26H29N3O5. The van der Waals surface area contributed by atoms with E-state index in [1.54, 1.807) is 7.11 Å². The zero-order valence-electron chi connectivity index (χ0n) is 19.7. The van der Waals surface area contributed by atoms with Gasteiger partial charge in [-0.05, 0) is 75.9 Å². The maximum atomic E-state index is 6.25. The molecule has 0 saturated heterocycles. The molecule has 1 aliphatic carbocycles. The zero-order chi connectivity index (χ0) is 23.5. The molecule has 5 rings (SSSR count). The van der Waals surface area contributed by atoms with E-state index in [-0.39, 0.29) is 6.10 Å². The highest BCUT2D eigenvalue weighted by atomic mass is 16.7. The van der Waals surface area contributed by atoms with Crippen LogP contribution in [-0.4, -0.2) is 30.0 Å². The van der Waals surface area contributed by atoms with Gasteiger partial charge in [0.05, 0.1) is 31.1 Å². The van der Waals surface area contributed by atoms with Gasteiger partial charge >= 0.3 is 0 Å². The van der Waals surface area contributed by atoms with Crippen LogP contribution in [0.3, 0.4) is 0 Å². The molecule has 0 radical (unpaired) electrons. The van der Waals surface area contributed by atoms with Crippen LogP contribution in [0.5, 0.6) is 17.2 Å². The number of hydroxylamine groups is 1. The number of hydrogen-bond acceptors (Lipinski definition) is 8. The molecule has 8 nitrogen and oxygen atoms in total. The van der Waals surface area contributed by atoms with Crippen molar-refractivity contribution in [3.05, 3.63) is 59.9 Å². The standard InChI is InChI=1S/C26H29N3O5/c1-4-31-21-12-8-7-11-19(21)24-27-25(29-33-24)26(2)16-20(28-34-26)17-13-14-22(30-3)23(15-17)32-18-9-5-6-10-18/h7-8,11-16,18,28H,4-6,9-10H2,1-3H3. The second-order valence-corrected chi connectivity index (χ2v) is 8.61. The number of hydrogen-bond donors (Lipinski definition) is 1. The lowest BCUT2D eigenvalue weighted by Gasteiger charge is -2.17. The number of nitrogens with one attached hydrogen (secondary N) is 1. The van der Waals surface area contributed by atoms with E-state index in [4.69, 9.17) is 23.6 Å². The third-order valence-corrected chi connectivity index (χ3v) is 6.15. The molecule has 1 fully saturated rings. The minimum atomic E-state index is -0.913. The van der Waals surface area contributed by atoms with Gasteiger partial charge < -0.3 is 18.7 Å². The predicted molar refractivity (Wildman–Crippen MR) is 126 cm³/mol. The first-order chi connectivity index (χ1) is 16.6. The quantitative estimate of drug-likeness (QED) is 0.484. The van der Waals surface area contributed by atoms with Crippen molar-refractivity contribution in [2.24, 2.45) is 0 Å². The summed E-state index contributed by atoms with van der Waals surface area (Å²) in [5, 5.41) is 4.19. The van der Waals surface area contributed by atoms with Gasteiger partial charge in [0.15, 0.2) is 17.1 Å². The molecule has 2 heterocycles. The lowest BCUT2D eigenvalue weighted by Crippen LogP contribution is -2.24. The van der Waals surface area contributed by atoms with Gasteiger partial charge in [-0.3, -0.25) is 10.3 Å². The Morgan fingerprint density at radius 2 is 1.91 bits per heavy atom. The fourth-order valence-electron chi connectivity index (χ4n) is 4.33. The Balaban J connectivity index is 1.41. The van der Waals surface area contributed by atoms with E-state index in [2.05, 4.69) is 15.6 Å². The van der Waals surface area contributed by atoms with Gasteiger partial charge in [-0.1, -0.05) is 17.3 Å². The van der Waals surface area contributed by atoms with E-state index in [9.17, 15) is 0 Å². The highest BCUT2D eigenvalue weighted by Crippen LogP contribution is 2.38. The summed E-state index contributed by atoms with van der Waals surface area (Å²) in [7, 11) is 1.65. The average molecular weight is 464 g/mol. The molecule has 8 heteroatoms. The largest absolute Gasteiger partial charge is 0.493 e. The van der Waals surface area contributed by atoms with Crippen LogP contribution >= 0.6 is 0 Å². The van der Waals surface area contributed by atoms with Gasteiger partial charge in [0.1, 0.15) is 5.75 Å². The smallest absolute Gasteiger partial charge is 0.261 e. The van der Waals surface area contributed by atoms with Crippen molar-refractivity contribution in [1.82, 2.24) is 15.6 Å².